The average molecular weight is 252 g/mol. The van der Waals surface area contributed by atoms with E-state index in [0.29, 0.717) is 24.0 Å². The second-order valence-corrected chi connectivity index (χ2v) is 6.17. The van der Waals surface area contributed by atoms with Crippen LogP contribution in [0.4, 0.5) is 8.78 Å². The quantitative estimate of drug-likeness (QED) is 0.740. The van der Waals surface area contributed by atoms with Gasteiger partial charge in [0.05, 0.1) is 5.41 Å². The molecule has 2 rings (SSSR count). The van der Waals surface area contributed by atoms with Gasteiger partial charge in [0.1, 0.15) is 6.29 Å². The van der Waals surface area contributed by atoms with Gasteiger partial charge < -0.3 is 0 Å². The van der Waals surface area contributed by atoms with E-state index < -0.39 is 11.8 Å². The molecular weight excluding hydrogens is 234 g/mol. The first-order valence-corrected chi connectivity index (χ1v) is 6.19. The van der Waals surface area contributed by atoms with Crippen LogP contribution in [0.2, 0.25) is 0 Å². The Bertz CT molecular complexity index is 468. The fraction of sp³-hybridized carbons (Fsp3) is 0.533. The summed E-state index contributed by atoms with van der Waals surface area (Å²) in [5.41, 5.74) is 0.899. The average Bonchev–Trinajstić information content (AvgIpc) is 3.08. The first-order valence-electron chi connectivity index (χ1n) is 6.19. The topological polar surface area (TPSA) is 17.1 Å². The lowest BCUT2D eigenvalue weighted by Gasteiger charge is -2.23. The highest BCUT2D eigenvalue weighted by Crippen LogP contribution is 2.53. The van der Waals surface area contributed by atoms with E-state index in [9.17, 15) is 13.6 Å². The minimum absolute atomic E-state index is 0.147. The lowest BCUT2D eigenvalue weighted by molar-refractivity contribution is 0.101. The highest BCUT2D eigenvalue weighted by atomic mass is 19.3. The van der Waals surface area contributed by atoms with Crippen LogP contribution in [0.5, 0.6) is 0 Å². The third-order valence-electron chi connectivity index (χ3n) is 3.74. The van der Waals surface area contributed by atoms with Gasteiger partial charge >= 0.3 is 0 Å². The van der Waals surface area contributed by atoms with Crippen molar-refractivity contribution in [3.8, 4) is 0 Å². The molecule has 0 unspecified atom stereocenters. The maximum atomic E-state index is 13.1. The maximum Gasteiger partial charge on any atom is 0.248 e. The molecule has 1 aromatic carbocycles. The highest BCUT2D eigenvalue weighted by Gasteiger charge is 2.52. The number of halogens is 2. The zero-order valence-electron chi connectivity index (χ0n) is 11.0. The molecule has 0 heterocycles. The Morgan fingerprint density at radius 1 is 1.22 bits per heavy atom. The Hall–Kier alpha value is -1.25. The second-order valence-electron chi connectivity index (χ2n) is 6.17. The van der Waals surface area contributed by atoms with E-state index in [0.717, 1.165) is 11.8 Å². The van der Waals surface area contributed by atoms with Gasteiger partial charge in [-0.1, -0.05) is 26.8 Å². The smallest absolute Gasteiger partial charge is 0.248 e. The van der Waals surface area contributed by atoms with Crippen molar-refractivity contribution in [2.24, 2.45) is 0 Å². The molecule has 0 N–H and O–H groups in total. The standard InChI is InChI=1S/C15H18F2O/c1-14(2,3)11-6-10(9-18)7-12(8-11)15(4-5-15)13(16)17/h6-9,13H,4-5H2,1-3H3. The maximum absolute atomic E-state index is 13.1. The lowest BCUT2D eigenvalue weighted by atomic mass is 9.82. The first-order chi connectivity index (χ1) is 8.29. The van der Waals surface area contributed by atoms with Crippen molar-refractivity contribution >= 4 is 6.29 Å². The molecule has 18 heavy (non-hydrogen) atoms. The summed E-state index contributed by atoms with van der Waals surface area (Å²) in [6.45, 7) is 6.05. The van der Waals surface area contributed by atoms with Crippen LogP contribution < -0.4 is 0 Å². The van der Waals surface area contributed by atoms with E-state index in [1.807, 2.05) is 26.8 Å². The molecule has 0 amide bonds. The summed E-state index contributed by atoms with van der Waals surface area (Å²) >= 11 is 0. The van der Waals surface area contributed by atoms with Crippen LogP contribution in [0.15, 0.2) is 18.2 Å². The highest BCUT2D eigenvalue weighted by molar-refractivity contribution is 5.76. The van der Waals surface area contributed by atoms with Gasteiger partial charge in [0.15, 0.2) is 0 Å². The van der Waals surface area contributed by atoms with Crippen molar-refractivity contribution in [1.29, 1.82) is 0 Å². The predicted molar refractivity (Wildman–Crippen MR) is 67.4 cm³/mol. The van der Waals surface area contributed by atoms with Crippen LogP contribution >= 0.6 is 0 Å². The van der Waals surface area contributed by atoms with Gasteiger partial charge in [0.2, 0.25) is 6.43 Å². The molecule has 0 spiro atoms. The van der Waals surface area contributed by atoms with Crippen LogP contribution in [0.3, 0.4) is 0 Å². The lowest BCUT2D eigenvalue weighted by Crippen LogP contribution is -2.20. The molecule has 0 radical (unpaired) electrons. The molecule has 98 valence electrons. The predicted octanol–water partition coefficient (Wildman–Crippen LogP) is 4.09. The minimum Gasteiger partial charge on any atom is -0.298 e. The summed E-state index contributed by atoms with van der Waals surface area (Å²) in [7, 11) is 0. The number of carbonyl (C=O) groups excluding carboxylic acids is 1. The molecule has 1 aliphatic rings. The van der Waals surface area contributed by atoms with Crippen molar-refractivity contribution in [3.05, 3.63) is 34.9 Å². The zero-order valence-corrected chi connectivity index (χ0v) is 11.0. The van der Waals surface area contributed by atoms with Crippen molar-refractivity contribution in [1.82, 2.24) is 0 Å². The number of alkyl halides is 2. The van der Waals surface area contributed by atoms with Crippen molar-refractivity contribution in [2.45, 2.75) is 50.9 Å². The third-order valence-corrected chi connectivity index (χ3v) is 3.74. The molecule has 0 aliphatic heterocycles. The molecule has 1 saturated carbocycles. The van der Waals surface area contributed by atoms with E-state index in [2.05, 4.69) is 0 Å². The minimum atomic E-state index is -2.35. The summed E-state index contributed by atoms with van der Waals surface area (Å²) < 4.78 is 26.3. The van der Waals surface area contributed by atoms with Crippen LogP contribution in [-0.2, 0) is 10.8 Å². The van der Waals surface area contributed by atoms with E-state index in [1.54, 1.807) is 12.1 Å². The molecule has 1 fully saturated rings. The van der Waals surface area contributed by atoms with Crippen LogP contribution in [-0.4, -0.2) is 12.7 Å². The number of aldehydes is 1. The van der Waals surface area contributed by atoms with Crippen LogP contribution in [0, 0.1) is 0 Å². The molecular formula is C15H18F2O. The summed E-state index contributed by atoms with van der Waals surface area (Å²) in [4.78, 5) is 11.0. The van der Waals surface area contributed by atoms with Crippen molar-refractivity contribution in [2.75, 3.05) is 0 Å². The van der Waals surface area contributed by atoms with E-state index in [4.69, 9.17) is 0 Å². The number of rotatable bonds is 3. The Labute approximate surface area is 106 Å². The number of hydrogen-bond donors (Lipinski definition) is 0. The third kappa shape index (κ3) is 2.18. The van der Waals surface area contributed by atoms with Gasteiger partial charge in [-0.2, -0.15) is 0 Å². The number of benzene rings is 1. The van der Waals surface area contributed by atoms with Crippen LogP contribution in [0.25, 0.3) is 0 Å². The Balaban J connectivity index is 2.52. The van der Waals surface area contributed by atoms with E-state index in [1.165, 1.54) is 0 Å². The largest absolute Gasteiger partial charge is 0.298 e. The van der Waals surface area contributed by atoms with Crippen molar-refractivity contribution in [3.63, 3.8) is 0 Å². The zero-order chi connectivity index (χ0) is 13.6. The monoisotopic (exact) mass is 252 g/mol. The van der Waals surface area contributed by atoms with Gasteiger partial charge in [0, 0.05) is 5.56 Å². The van der Waals surface area contributed by atoms with Crippen LogP contribution in [0.1, 0.15) is 55.1 Å². The fourth-order valence-corrected chi connectivity index (χ4v) is 2.21. The van der Waals surface area contributed by atoms with Gasteiger partial charge in [-0.05, 0) is 41.5 Å². The van der Waals surface area contributed by atoms with Gasteiger partial charge in [0.25, 0.3) is 0 Å². The Morgan fingerprint density at radius 2 is 1.83 bits per heavy atom. The summed E-state index contributed by atoms with van der Waals surface area (Å²) in [6.07, 6.45) is -0.597. The Kier molecular flexibility index (Phi) is 3.04. The second kappa shape index (κ2) is 4.15. The SMILES string of the molecule is CC(C)(C)c1cc(C=O)cc(C2(C(F)F)CC2)c1. The molecule has 0 aromatic heterocycles. The summed E-state index contributed by atoms with van der Waals surface area (Å²) in [6, 6.07) is 5.24. The molecule has 0 saturated heterocycles. The molecule has 1 nitrogen and oxygen atoms in total. The summed E-state index contributed by atoms with van der Waals surface area (Å²) in [5.74, 6) is 0. The Morgan fingerprint density at radius 3 is 2.22 bits per heavy atom. The molecule has 1 aromatic rings. The molecule has 0 atom stereocenters. The van der Waals surface area contributed by atoms with Gasteiger partial charge in [-0.15, -0.1) is 0 Å². The fourth-order valence-electron chi connectivity index (χ4n) is 2.21. The summed E-state index contributed by atoms with van der Waals surface area (Å²) in [5, 5.41) is 0. The molecule has 1 aliphatic carbocycles. The molecule has 3 heteroatoms. The molecule has 0 bridgehead atoms. The first kappa shape index (κ1) is 13.2. The number of carbonyl (C=O) groups is 1. The van der Waals surface area contributed by atoms with Crippen molar-refractivity contribution < 1.29 is 13.6 Å². The van der Waals surface area contributed by atoms with E-state index >= 15 is 0 Å². The van der Waals surface area contributed by atoms with Gasteiger partial charge in [-0.25, -0.2) is 8.78 Å². The van der Waals surface area contributed by atoms with E-state index in [-0.39, 0.29) is 5.41 Å². The number of hydrogen-bond acceptors (Lipinski definition) is 1. The van der Waals surface area contributed by atoms with Gasteiger partial charge in [-0.3, -0.25) is 4.79 Å². The normalized spacial score (nSPS) is 17.9.